The van der Waals surface area contributed by atoms with Gasteiger partial charge in [-0.15, -0.1) is 11.3 Å². The van der Waals surface area contributed by atoms with E-state index in [-0.39, 0.29) is 0 Å². The van der Waals surface area contributed by atoms with E-state index in [1.54, 1.807) is 11.3 Å². The number of nitriles is 1. The molecule has 6 heteroatoms. The minimum atomic E-state index is 0.394. The number of fused-ring (bicyclic) bond motifs is 10. The normalized spacial score (nSPS) is 11.9. The van der Waals surface area contributed by atoms with Crippen LogP contribution in [0.25, 0.3) is 124 Å². The highest BCUT2D eigenvalue weighted by atomic mass is 32.1. The summed E-state index contributed by atoms with van der Waals surface area (Å²) >= 11 is 1.80. The molecule has 13 aromatic rings. The monoisotopic (exact) mass is 791 g/mol. The fourth-order valence-corrected chi connectivity index (χ4v) is 11.4. The molecule has 0 aliphatic rings. The van der Waals surface area contributed by atoms with E-state index in [9.17, 15) is 5.26 Å². The van der Waals surface area contributed by atoms with Gasteiger partial charge < -0.3 is 9.13 Å². The van der Waals surface area contributed by atoms with Gasteiger partial charge in [0.15, 0.2) is 0 Å². The van der Waals surface area contributed by atoms with E-state index in [2.05, 4.69) is 141 Å². The first kappa shape index (κ1) is 33.7. The summed E-state index contributed by atoms with van der Waals surface area (Å²) in [6, 6.07) is 61.7. The lowest BCUT2D eigenvalue weighted by Gasteiger charge is -2.25. The number of rotatable bonds is 4. The van der Waals surface area contributed by atoms with Gasteiger partial charge in [0.25, 0.3) is 0 Å². The summed E-state index contributed by atoms with van der Waals surface area (Å²) in [7, 11) is 0. The molecule has 280 valence electrons. The molecule has 0 spiro atoms. The molecule has 0 bridgehead atoms. The molecule has 9 aromatic carbocycles. The van der Waals surface area contributed by atoms with E-state index in [1.165, 1.54) is 25.6 Å². The van der Waals surface area contributed by atoms with Crippen molar-refractivity contribution in [1.82, 2.24) is 14.1 Å². The number of aromatic nitrogens is 3. The zero-order valence-corrected chi connectivity index (χ0v) is 33.2. The van der Waals surface area contributed by atoms with Crippen molar-refractivity contribution < 1.29 is 0 Å². The molecule has 0 aliphatic heterocycles. The Hall–Kier alpha value is -8.29. The Morgan fingerprint density at radius 3 is 1.80 bits per heavy atom. The van der Waals surface area contributed by atoms with Gasteiger partial charge in [0.2, 0.25) is 5.69 Å². The van der Waals surface area contributed by atoms with Gasteiger partial charge in [0.1, 0.15) is 11.7 Å². The van der Waals surface area contributed by atoms with Gasteiger partial charge in [-0.25, -0.2) is 9.83 Å². The summed E-state index contributed by atoms with van der Waals surface area (Å²) < 4.78 is 6.96. The van der Waals surface area contributed by atoms with Crippen molar-refractivity contribution in [2.75, 3.05) is 0 Å². The van der Waals surface area contributed by atoms with Gasteiger partial charge in [-0.1, -0.05) is 133 Å². The summed E-state index contributed by atoms with van der Waals surface area (Å²) in [4.78, 5) is 9.67. The molecule has 5 nitrogen and oxygen atoms in total. The van der Waals surface area contributed by atoms with Crippen LogP contribution in [0.3, 0.4) is 0 Å². The van der Waals surface area contributed by atoms with E-state index in [4.69, 9.17) is 11.6 Å². The fourth-order valence-electron chi connectivity index (χ4n) is 10.2. The molecule has 0 N–H and O–H groups in total. The largest absolute Gasteiger partial charge is 0.307 e. The van der Waals surface area contributed by atoms with Gasteiger partial charge in [-0.05, 0) is 69.1 Å². The maximum Gasteiger partial charge on any atom is 0.220 e. The van der Waals surface area contributed by atoms with Gasteiger partial charge in [-0.2, -0.15) is 5.26 Å². The molecular formula is C55H29N5S. The number of hydrogen-bond acceptors (Lipinski definition) is 3. The predicted octanol–water partition coefficient (Wildman–Crippen LogP) is 15.1. The third-order valence-corrected chi connectivity index (χ3v) is 13.7. The minimum absolute atomic E-state index is 0.394. The molecule has 13 rings (SSSR count). The first-order chi connectivity index (χ1) is 30.2. The Morgan fingerprint density at radius 2 is 1.07 bits per heavy atom. The summed E-state index contributed by atoms with van der Waals surface area (Å²) in [5.74, 6) is 0. The van der Waals surface area contributed by atoms with E-state index in [1.807, 2.05) is 54.7 Å². The van der Waals surface area contributed by atoms with E-state index < -0.39 is 0 Å². The molecule has 61 heavy (non-hydrogen) atoms. The van der Waals surface area contributed by atoms with Crippen LogP contribution in [0.2, 0.25) is 0 Å². The van der Waals surface area contributed by atoms with Crippen LogP contribution in [0, 0.1) is 17.9 Å². The Bertz CT molecular complexity index is 3980. The highest BCUT2D eigenvalue weighted by molar-refractivity contribution is 7.26. The second-order valence-electron chi connectivity index (χ2n) is 15.5. The molecule has 0 saturated heterocycles. The zero-order chi connectivity index (χ0) is 40.3. The number of nitrogens with zero attached hydrogens (tertiary/aromatic N) is 5. The summed E-state index contributed by atoms with van der Waals surface area (Å²) in [5.41, 5.74) is 8.99. The third kappa shape index (κ3) is 4.44. The van der Waals surface area contributed by atoms with Crippen LogP contribution in [0.15, 0.2) is 176 Å². The lowest BCUT2D eigenvalue weighted by molar-refractivity contribution is 1.12. The molecule has 0 amide bonds. The second-order valence-corrected chi connectivity index (χ2v) is 16.6. The SMILES string of the molecule is [C-]#[N+]c1c(-c2ccccc2)c(C#N)c(-n2c3ccccc3c3c4c(ccc32)sc2ccccc24)c(-c2ccccc2)c1-n1c2cccc3c4ccccc4c4ccnc1c4c32. The van der Waals surface area contributed by atoms with Crippen molar-refractivity contribution in [3.63, 3.8) is 0 Å². The van der Waals surface area contributed by atoms with E-state index in [0.717, 1.165) is 82.3 Å². The lowest BCUT2D eigenvalue weighted by Crippen LogP contribution is -2.09. The third-order valence-electron chi connectivity index (χ3n) is 12.6. The quantitative estimate of drug-likeness (QED) is 0.132. The molecule has 0 fully saturated rings. The minimum Gasteiger partial charge on any atom is -0.307 e. The number of pyridine rings is 1. The van der Waals surface area contributed by atoms with Crippen LogP contribution in [0.1, 0.15) is 5.56 Å². The van der Waals surface area contributed by atoms with Crippen molar-refractivity contribution in [2.45, 2.75) is 0 Å². The summed E-state index contributed by atoms with van der Waals surface area (Å²) in [6.45, 7) is 9.16. The average Bonchev–Trinajstić information content (AvgIpc) is 3.99. The Kier molecular flexibility index (Phi) is 6.96. The molecular weight excluding hydrogens is 763 g/mol. The van der Waals surface area contributed by atoms with Gasteiger partial charge >= 0.3 is 0 Å². The van der Waals surface area contributed by atoms with Gasteiger partial charge in [-0.3, -0.25) is 0 Å². The summed E-state index contributed by atoms with van der Waals surface area (Å²) in [6.07, 6.45) is 1.89. The maximum absolute atomic E-state index is 11.7. The molecule has 4 aromatic heterocycles. The van der Waals surface area contributed by atoms with E-state index >= 15 is 0 Å². The Balaban J connectivity index is 1.32. The Labute approximate surface area is 353 Å². The van der Waals surface area contributed by atoms with Crippen molar-refractivity contribution in [3.05, 3.63) is 193 Å². The van der Waals surface area contributed by atoms with Crippen LogP contribution in [-0.2, 0) is 0 Å². The van der Waals surface area contributed by atoms with Crippen molar-refractivity contribution in [2.24, 2.45) is 0 Å². The number of thiophene rings is 1. The molecule has 0 aliphatic carbocycles. The number of para-hydroxylation sites is 1. The molecule has 4 heterocycles. The highest BCUT2D eigenvalue weighted by Gasteiger charge is 2.33. The van der Waals surface area contributed by atoms with Crippen LogP contribution >= 0.6 is 11.3 Å². The lowest BCUT2D eigenvalue weighted by atomic mass is 9.88. The van der Waals surface area contributed by atoms with Gasteiger partial charge in [0, 0.05) is 59.0 Å². The number of benzene rings is 9. The Morgan fingerprint density at radius 1 is 0.475 bits per heavy atom. The second kappa shape index (κ2) is 12.6. The van der Waals surface area contributed by atoms with Gasteiger partial charge in [0.05, 0.1) is 40.1 Å². The number of hydrogen-bond donors (Lipinski definition) is 0. The van der Waals surface area contributed by atoms with Crippen molar-refractivity contribution >= 4 is 102 Å². The molecule has 0 saturated carbocycles. The van der Waals surface area contributed by atoms with Crippen LogP contribution < -0.4 is 0 Å². The molecule has 0 atom stereocenters. The van der Waals surface area contributed by atoms with Crippen molar-refractivity contribution in [3.8, 4) is 39.7 Å². The van der Waals surface area contributed by atoms with Crippen LogP contribution in [-0.4, -0.2) is 14.1 Å². The van der Waals surface area contributed by atoms with Crippen LogP contribution in [0.5, 0.6) is 0 Å². The predicted molar refractivity (Wildman–Crippen MR) is 254 cm³/mol. The molecule has 0 unspecified atom stereocenters. The molecule has 0 radical (unpaired) electrons. The highest BCUT2D eigenvalue weighted by Crippen LogP contribution is 2.54. The zero-order valence-electron chi connectivity index (χ0n) is 32.4. The first-order valence-electron chi connectivity index (χ1n) is 20.2. The van der Waals surface area contributed by atoms with Crippen LogP contribution in [0.4, 0.5) is 5.69 Å². The van der Waals surface area contributed by atoms with Crippen molar-refractivity contribution in [1.29, 1.82) is 5.26 Å². The standard InChI is InChI=1S/C55H29N5S/c1-57-52-46(32-15-4-2-5-16-32)40(31-56)53(59-41-24-12-10-21-38(41)49-43(59)27-28-45-50(49)39-22-11-13-26-44(39)61-45)47(33-17-6-3-7-18-33)54(52)60-42-25-14-23-36-34-19-8-9-20-35(34)37-29-30-58-55(60)51(37)48(36)42/h2-30H. The fraction of sp³-hybridized carbons (Fsp3) is 0. The topological polar surface area (TPSA) is 50.9 Å². The smallest absolute Gasteiger partial charge is 0.220 e. The summed E-state index contributed by atoms with van der Waals surface area (Å²) in [5, 5.41) is 23.1. The first-order valence-corrected chi connectivity index (χ1v) is 21.0. The average molecular weight is 792 g/mol. The van der Waals surface area contributed by atoms with E-state index in [0.29, 0.717) is 22.5 Å². The maximum atomic E-state index is 11.7.